The van der Waals surface area contributed by atoms with Crippen LogP contribution < -0.4 is 10.1 Å². The molecule has 82 valence electrons. The van der Waals surface area contributed by atoms with E-state index in [1.165, 1.54) is 0 Å². The number of piperidine rings is 1. The summed E-state index contributed by atoms with van der Waals surface area (Å²) in [4.78, 5) is 0. The maximum absolute atomic E-state index is 6.02. The van der Waals surface area contributed by atoms with Gasteiger partial charge in [0.1, 0.15) is 11.9 Å². The molecular weight excluding hydrogens is 233 g/mol. The first kappa shape index (κ1) is 11.1. The Morgan fingerprint density at radius 2 is 1.93 bits per heavy atom. The monoisotopic (exact) mass is 245 g/mol. The second-order valence-electron chi connectivity index (χ2n) is 3.64. The third kappa shape index (κ3) is 3.00. The fourth-order valence-corrected chi connectivity index (χ4v) is 2.12. The maximum Gasteiger partial charge on any atom is 0.138 e. The van der Waals surface area contributed by atoms with Crippen molar-refractivity contribution in [3.05, 3.63) is 28.2 Å². The van der Waals surface area contributed by atoms with E-state index in [1.807, 2.05) is 6.07 Å². The van der Waals surface area contributed by atoms with E-state index in [0.29, 0.717) is 10.0 Å². The summed E-state index contributed by atoms with van der Waals surface area (Å²) >= 11 is 11.8. The van der Waals surface area contributed by atoms with E-state index >= 15 is 0 Å². The predicted molar refractivity (Wildman–Crippen MR) is 63.0 cm³/mol. The number of halogens is 2. The quantitative estimate of drug-likeness (QED) is 0.865. The normalized spacial score (nSPS) is 17.7. The summed E-state index contributed by atoms with van der Waals surface area (Å²) in [5.74, 6) is 0.730. The van der Waals surface area contributed by atoms with Gasteiger partial charge in [-0.25, -0.2) is 0 Å². The van der Waals surface area contributed by atoms with Gasteiger partial charge in [0.05, 0.1) is 5.02 Å². The molecule has 0 radical (unpaired) electrons. The maximum atomic E-state index is 6.02. The fraction of sp³-hybridized carbons (Fsp3) is 0.455. The lowest BCUT2D eigenvalue weighted by Crippen LogP contribution is -2.34. The van der Waals surface area contributed by atoms with E-state index < -0.39 is 0 Å². The first-order valence-electron chi connectivity index (χ1n) is 5.08. The van der Waals surface area contributed by atoms with Crippen LogP contribution in [0, 0.1) is 0 Å². The highest BCUT2D eigenvalue weighted by Crippen LogP contribution is 2.29. The minimum absolute atomic E-state index is 0.268. The molecule has 1 aliphatic rings. The number of ether oxygens (including phenoxy) is 1. The standard InChI is InChI=1S/C11H13Cl2NO/c12-8-1-2-11(10(13)7-8)15-9-3-5-14-6-4-9/h1-2,7,9,14H,3-6H2. The third-order valence-electron chi connectivity index (χ3n) is 2.47. The molecule has 0 bridgehead atoms. The average Bonchev–Trinajstić information content (AvgIpc) is 2.24. The lowest BCUT2D eigenvalue weighted by atomic mass is 10.1. The van der Waals surface area contributed by atoms with Crippen molar-refractivity contribution in [1.29, 1.82) is 0 Å². The Balaban J connectivity index is 2.03. The van der Waals surface area contributed by atoms with E-state index in [4.69, 9.17) is 27.9 Å². The molecule has 1 aliphatic heterocycles. The SMILES string of the molecule is Clc1ccc(OC2CCNCC2)c(Cl)c1. The van der Waals surface area contributed by atoms with Crippen molar-refractivity contribution < 1.29 is 4.74 Å². The minimum Gasteiger partial charge on any atom is -0.489 e. The molecule has 0 amide bonds. The van der Waals surface area contributed by atoms with Crippen LogP contribution >= 0.6 is 23.2 Å². The smallest absolute Gasteiger partial charge is 0.138 e. The van der Waals surface area contributed by atoms with Crippen molar-refractivity contribution in [3.63, 3.8) is 0 Å². The molecule has 1 saturated heterocycles. The minimum atomic E-state index is 0.268. The lowest BCUT2D eigenvalue weighted by Gasteiger charge is -2.24. The van der Waals surface area contributed by atoms with Gasteiger partial charge in [-0.1, -0.05) is 23.2 Å². The van der Waals surface area contributed by atoms with Gasteiger partial charge in [0.2, 0.25) is 0 Å². The summed E-state index contributed by atoms with van der Waals surface area (Å²) in [5.41, 5.74) is 0. The van der Waals surface area contributed by atoms with Crippen molar-refractivity contribution in [2.75, 3.05) is 13.1 Å². The average molecular weight is 246 g/mol. The van der Waals surface area contributed by atoms with Gasteiger partial charge in [-0.3, -0.25) is 0 Å². The number of hydrogen-bond donors (Lipinski definition) is 1. The largest absolute Gasteiger partial charge is 0.489 e. The van der Waals surface area contributed by atoms with E-state index in [-0.39, 0.29) is 6.10 Å². The van der Waals surface area contributed by atoms with Gasteiger partial charge in [0, 0.05) is 5.02 Å². The second-order valence-corrected chi connectivity index (χ2v) is 4.49. The van der Waals surface area contributed by atoms with Crippen molar-refractivity contribution in [3.8, 4) is 5.75 Å². The van der Waals surface area contributed by atoms with Crippen molar-refractivity contribution in [2.24, 2.45) is 0 Å². The van der Waals surface area contributed by atoms with Crippen LogP contribution in [0.25, 0.3) is 0 Å². The zero-order valence-corrected chi connectivity index (χ0v) is 9.81. The molecule has 2 rings (SSSR count). The van der Waals surface area contributed by atoms with Gasteiger partial charge in [-0.2, -0.15) is 0 Å². The van der Waals surface area contributed by atoms with Crippen LogP contribution in [0.1, 0.15) is 12.8 Å². The Kier molecular flexibility index (Phi) is 3.73. The first-order chi connectivity index (χ1) is 7.25. The molecule has 1 N–H and O–H groups in total. The van der Waals surface area contributed by atoms with Crippen LogP contribution in [0.15, 0.2) is 18.2 Å². The Bertz CT molecular complexity index is 337. The van der Waals surface area contributed by atoms with Crippen LogP contribution in [-0.2, 0) is 0 Å². The Morgan fingerprint density at radius 1 is 1.20 bits per heavy atom. The van der Waals surface area contributed by atoms with Crippen LogP contribution in [-0.4, -0.2) is 19.2 Å². The first-order valence-corrected chi connectivity index (χ1v) is 5.84. The van der Waals surface area contributed by atoms with E-state index in [2.05, 4.69) is 5.32 Å². The summed E-state index contributed by atoms with van der Waals surface area (Å²) in [6.07, 6.45) is 2.32. The highest BCUT2D eigenvalue weighted by molar-refractivity contribution is 6.35. The van der Waals surface area contributed by atoms with Gasteiger partial charge >= 0.3 is 0 Å². The topological polar surface area (TPSA) is 21.3 Å². The molecule has 0 aromatic heterocycles. The van der Waals surface area contributed by atoms with Gasteiger partial charge in [0.25, 0.3) is 0 Å². The highest BCUT2D eigenvalue weighted by Gasteiger charge is 2.15. The van der Waals surface area contributed by atoms with Gasteiger partial charge in [-0.05, 0) is 44.1 Å². The zero-order valence-electron chi connectivity index (χ0n) is 8.30. The molecule has 0 spiro atoms. The third-order valence-corrected chi connectivity index (χ3v) is 3.00. The molecule has 0 unspecified atom stereocenters. The van der Waals surface area contributed by atoms with Crippen LogP contribution in [0.2, 0.25) is 10.0 Å². The predicted octanol–water partition coefficient (Wildman–Crippen LogP) is 3.12. The lowest BCUT2D eigenvalue weighted by molar-refractivity contribution is 0.162. The van der Waals surface area contributed by atoms with Crippen molar-refractivity contribution >= 4 is 23.2 Å². The van der Waals surface area contributed by atoms with Gasteiger partial charge in [0.15, 0.2) is 0 Å². The van der Waals surface area contributed by atoms with E-state index in [1.54, 1.807) is 12.1 Å². The molecule has 2 nitrogen and oxygen atoms in total. The van der Waals surface area contributed by atoms with Crippen LogP contribution in [0.3, 0.4) is 0 Å². The Hall–Kier alpha value is -0.440. The fourth-order valence-electron chi connectivity index (χ4n) is 1.66. The van der Waals surface area contributed by atoms with Crippen molar-refractivity contribution in [1.82, 2.24) is 5.32 Å². The van der Waals surface area contributed by atoms with Gasteiger partial charge in [-0.15, -0.1) is 0 Å². The summed E-state index contributed by atoms with van der Waals surface area (Å²) in [5, 5.41) is 4.51. The van der Waals surface area contributed by atoms with Crippen molar-refractivity contribution in [2.45, 2.75) is 18.9 Å². The van der Waals surface area contributed by atoms with E-state index in [0.717, 1.165) is 31.7 Å². The number of rotatable bonds is 2. The van der Waals surface area contributed by atoms with Crippen LogP contribution in [0.5, 0.6) is 5.75 Å². The van der Waals surface area contributed by atoms with Gasteiger partial charge < -0.3 is 10.1 Å². The summed E-state index contributed by atoms with van der Waals surface area (Å²) < 4.78 is 5.81. The van der Waals surface area contributed by atoms with Crippen LogP contribution in [0.4, 0.5) is 0 Å². The number of benzene rings is 1. The summed E-state index contributed by atoms with van der Waals surface area (Å²) in [7, 11) is 0. The highest BCUT2D eigenvalue weighted by atomic mass is 35.5. The number of hydrogen-bond acceptors (Lipinski definition) is 2. The molecule has 1 aromatic rings. The molecule has 4 heteroatoms. The molecule has 1 heterocycles. The Labute approximate surface area is 99.5 Å². The summed E-state index contributed by atoms with van der Waals surface area (Å²) in [6.45, 7) is 2.02. The molecule has 1 fully saturated rings. The molecular formula is C11H13Cl2NO. The molecule has 1 aromatic carbocycles. The molecule has 0 aliphatic carbocycles. The summed E-state index contributed by atoms with van der Waals surface area (Å²) in [6, 6.07) is 5.33. The number of nitrogens with one attached hydrogen (secondary N) is 1. The zero-order chi connectivity index (χ0) is 10.7. The molecule has 0 saturated carbocycles. The second kappa shape index (κ2) is 5.06. The van der Waals surface area contributed by atoms with E-state index in [9.17, 15) is 0 Å². The molecule has 15 heavy (non-hydrogen) atoms. The Morgan fingerprint density at radius 3 is 2.60 bits per heavy atom. The molecule has 0 atom stereocenters.